The van der Waals surface area contributed by atoms with Crippen molar-refractivity contribution in [2.24, 2.45) is 0 Å². The quantitative estimate of drug-likeness (QED) is 0.932. The number of aliphatic carboxylic acids is 1. The first-order valence-corrected chi connectivity index (χ1v) is 7.57. The molecule has 1 aliphatic heterocycles. The Morgan fingerprint density at radius 1 is 1.14 bits per heavy atom. The summed E-state index contributed by atoms with van der Waals surface area (Å²) in [6.45, 7) is 3.82. The molecule has 1 aromatic rings. The molecule has 5 heteroatoms. The first kappa shape index (κ1) is 15.0. The van der Waals surface area contributed by atoms with Crippen LogP contribution in [0.3, 0.4) is 0 Å². The molecule has 2 aliphatic rings. The fraction of sp³-hybridized carbons (Fsp3) is 0.529. The number of carbonyl (C=O) groups excluding carboxylic acids is 1. The first-order chi connectivity index (χ1) is 10.3. The summed E-state index contributed by atoms with van der Waals surface area (Å²) in [5, 5.41) is 8.97. The number of aryl methyl sites for hydroxylation is 2. The van der Waals surface area contributed by atoms with Gasteiger partial charge in [0, 0.05) is 13.0 Å². The SMILES string of the molecule is Cc1cc(C)cc(C2(C(=O)N3CCC(F)(C(=O)O)C3)CC2)c1. The van der Waals surface area contributed by atoms with Crippen molar-refractivity contribution in [2.45, 2.75) is 44.2 Å². The molecule has 1 saturated heterocycles. The largest absolute Gasteiger partial charge is 0.479 e. The Hall–Kier alpha value is -1.91. The van der Waals surface area contributed by atoms with E-state index in [1.54, 1.807) is 0 Å². The van der Waals surface area contributed by atoms with Gasteiger partial charge in [0.15, 0.2) is 0 Å². The van der Waals surface area contributed by atoms with Gasteiger partial charge in [0.2, 0.25) is 11.6 Å². The number of rotatable bonds is 3. The van der Waals surface area contributed by atoms with Crippen LogP contribution in [0.1, 0.15) is 36.0 Å². The predicted molar refractivity (Wildman–Crippen MR) is 79.5 cm³/mol. The van der Waals surface area contributed by atoms with E-state index < -0.39 is 17.1 Å². The number of carboxylic acids is 1. The maximum absolute atomic E-state index is 14.2. The van der Waals surface area contributed by atoms with E-state index in [0.29, 0.717) is 0 Å². The molecule has 1 atom stereocenters. The van der Waals surface area contributed by atoms with E-state index in [0.717, 1.165) is 29.5 Å². The molecule has 1 saturated carbocycles. The van der Waals surface area contributed by atoms with Crippen molar-refractivity contribution in [3.05, 3.63) is 34.9 Å². The second-order valence-corrected chi connectivity index (χ2v) is 6.71. The molecular formula is C17H20FNO3. The van der Waals surface area contributed by atoms with Crippen LogP contribution in [-0.2, 0) is 15.0 Å². The minimum Gasteiger partial charge on any atom is -0.479 e. The lowest BCUT2D eigenvalue weighted by atomic mass is 9.91. The van der Waals surface area contributed by atoms with E-state index in [2.05, 4.69) is 6.07 Å². The number of likely N-dealkylation sites (tertiary alicyclic amines) is 1. The van der Waals surface area contributed by atoms with E-state index in [1.807, 2.05) is 26.0 Å². The van der Waals surface area contributed by atoms with Crippen LogP contribution in [0.5, 0.6) is 0 Å². The molecule has 4 nitrogen and oxygen atoms in total. The van der Waals surface area contributed by atoms with Crippen LogP contribution >= 0.6 is 0 Å². The molecule has 118 valence electrons. The Morgan fingerprint density at radius 3 is 2.18 bits per heavy atom. The van der Waals surface area contributed by atoms with Gasteiger partial charge in [0.05, 0.1) is 12.0 Å². The Bertz CT molecular complexity index is 633. The Labute approximate surface area is 128 Å². The monoisotopic (exact) mass is 305 g/mol. The highest BCUT2D eigenvalue weighted by atomic mass is 19.1. The highest BCUT2D eigenvalue weighted by molar-refractivity contribution is 5.92. The third-order valence-corrected chi connectivity index (χ3v) is 4.82. The molecule has 2 fully saturated rings. The zero-order chi connectivity index (χ0) is 16.1. The number of hydrogen-bond acceptors (Lipinski definition) is 2. The van der Waals surface area contributed by atoms with Crippen LogP contribution in [0.4, 0.5) is 4.39 Å². The van der Waals surface area contributed by atoms with E-state index in [-0.39, 0.29) is 25.4 Å². The van der Waals surface area contributed by atoms with Crippen LogP contribution in [0.15, 0.2) is 18.2 Å². The van der Waals surface area contributed by atoms with Gasteiger partial charge in [0.25, 0.3) is 0 Å². The first-order valence-electron chi connectivity index (χ1n) is 7.57. The maximum atomic E-state index is 14.2. The lowest BCUT2D eigenvalue weighted by molar-refractivity contribution is -0.150. The Morgan fingerprint density at radius 2 is 1.73 bits per heavy atom. The van der Waals surface area contributed by atoms with Gasteiger partial charge in [-0.15, -0.1) is 0 Å². The maximum Gasteiger partial charge on any atom is 0.343 e. The van der Waals surface area contributed by atoms with Crippen LogP contribution in [-0.4, -0.2) is 40.6 Å². The normalized spacial score (nSPS) is 26.0. The van der Waals surface area contributed by atoms with Crippen LogP contribution in [0.2, 0.25) is 0 Å². The average molecular weight is 305 g/mol. The third kappa shape index (κ3) is 2.28. The zero-order valence-electron chi connectivity index (χ0n) is 12.9. The van der Waals surface area contributed by atoms with Crippen molar-refractivity contribution in [3.8, 4) is 0 Å². The van der Waals surface area contributed by atoms with E-state index >= 15 is 0 Å². The van der Waals surface area contributed by atoms with Crippen LogP contribution < -0.4 is 0 Å². The molecule has 1 unspecified atom stereocenters. The molecule has 22 heavy (non-hydrogen) atoms. The molecule has 0 bridgehead atoms. The van der Waals surface area contributed by atoms with Gasteiger partial charge in [-0.3, -0.25) is 4.79 Å². The van der Waals surface area contributed by atoms with Gasteiger partial charge in [-0.25, -0.2) is 9.18 Å². The smallest absolute Gasteiger partial charge is 0.343 e. The lowest BCUT2D eigenvalue weighted by Gasteiger charge is -2.24. The summed E-state index contributed by atoms with van der Waals surface area (Å²) in [6.07, 6.45) is 1.37. The summed E-state index contributed by atoms with van der Waals surface area (Å²) in [5.74, 6) is -1.60. The van der Waals surface area contributed by atoms with Crippen molar-refractivity contribution in [1.82, 2.24) is 4.90 Å². The molecule has 1 heterocycles. The molecule has 3 rings (SSSR count). The molecule has 0 aromatic heterocycles. The van der Waals surface area contributed by atoms with Gasteiger partial charge in [-0.05, 0) is 32.3 Å². The summed E-state index contributed by atoms with van der Waals surface area (Å²) < 4.78 is 14.2. The minimum absolute atomic E-state index is 0.127. The van der Waals surface area contributed by atoms with Crippen molar-refractivity contribution in [2.75, 3.05) is 13.1 Å². The Balaban J connectivity index is 1.85. The summed E-state index contributed by atoms with van der Waals surface area (Å²) in [4.78, 5) is 25.2. The average Bonchev–Trinajstić information content (AvgIpc) is 3.14. The Kier molecular flexibility index (Phi) is 3.27. The standard InChI is InChI=1S/C17H20FNO3/c1-11-7-12(2)9-13(8-11)16(3-4-16)14(20)19-6-5-17(18,10-19)15(21)22/h7-9H,3-6,10H2,1-2H3,(H,21,22). The number of nitrogens with zero attached hydrogens (tertiary/aromatic N) is 1. The molecular weight excluding hydrogens is 285 g/mol. The minimum atomic E-state index is -2.30. The fourth-order valence-corrected chi connectivity index (χ4v) is 3.43. The van der Waals surface area contributed by atoms with Crippen LogP contribution in [0, 0.1) is 13.8 Å². The van der Waals surface area contributed by atoms with Gasteiger partial charge in [0.1, 0.15) is 0 Å². The number of alkyl halides is 1. The molecule has 1 amide bonds. The second-order valence-electron chi connectivity index (χ2n) is 6.71. The van der Waals surface area contributed by atoms with Crippen LogP contribution in [0.25, 0.3) is 0 Å². The number of amides is 1. The summed E-state index contributed by atoms with van der Waals surface area (Å²) in [5.41, 5.74) is 0.304. The van der Waals surface area contributed by atoms with Gasteiger partial charge in [-0.1, -0.05) is 29.3 Å². The molecule has 0 spiro atoms. The number of carboxylic acid groups (broad SMARTS) is 1. The van der Waals surface area contributed by atoms with E-state index in [9.17, 15) is 14.0 Å². The number of halogens is 1. The predicted octanol–water partition coefficient (Wildman–Crippen LogP) is 2.36. The second kappa shape index (κ2) is 4.80. The van der Waals surface area contributed by atoms with Gasteiger partial charge >= 0.3 is 5.97 Å². The molecule has 1 aliphatic carbocycles. The zero-order valence-corrected chi connectivity index (χ0v) is 12.9. The van der Waals surface area contributed by atoms with Gasteiger partial charge < -0.3 is 10.0 Å². The van der Waals surface area contributed by atoms with Crippen molar-refractivity contribution in [1.29, 1.82) is 0 Å². The summed E-state index contributed by atoms with van der Waals surface area (Å²) in [6, 6.07) is 6.07. The molecule has 1 aromatic carbocycles. The molecule has 0 radical (unpaired) electrons. The van der Waals surface area contributed by atoms with E-state index in [4.69, 9.17) is 5.11 Å². The van der Waals surface area contributed by atoms with Crippen molar-refractivity contribution in [3.63, 3.8) is 0 Å². The van der Waals surface area contributed by atoms with Gasteiger partial charge in [-0.2, -0.15) is 0 Å². The number of carbonyl (C=O) groups is 2. The lowest BCUT2D eigenvalue weighted by Crippen LogP contribution is -2.42. The summed E-state index contributed by atoms with van der Waals surface area (Å²) in [7, 11) is 0. The fourth-order valence-electron chi connectivity index (χ4n) is 3.43. The van der Waals surface area contributed by atoms with E-state index in [1.165, 1.54) is 4.90 Å². The van der Waals surface area contributed by atoms with Crippen molar-refractivity contribution < 1.29 is 19.1 Å². The highest BCUT2D eigenvalue weighted by Crippen LogP contribution is 2.50. The number of hydrogen-bond donors (Lipinski definition) is 1. The highest BCUT2D eigenvalue weighted by Gasteiger charge is 2.56. The summed E-state index contributed by atoms with van der Waals surface area (Å²) >= 11 is 0. The topological polar surface area (TPSA) is 57.6 Å². The molecule has 1 N–H and O–H groups in total. The van der Waals surface area contributed by atoms with Crippen molar-refractivity contribution >= 4 is 11.9 Å². The number of benzene rings is 1. The third-order valence-electron chi connectivity index (χ3n) is 4.82.